The molecule has 19 heavy (non-hydrogen) atoms. The van der Waals surface area contributed by atoms with Crippen molar-refractivity contribution in [3.8, 4) is 0 Å². The molecule has 0 unspecified atom stereocenters. The fourth-order valence-electron chi connectivity index (χ4n) is 2.40. The fourth-order valence-corrected chi connectivity index (χ4v) is 2.40. The Morgan fingerprint density at radius 2 is 2.26 bits per heavy atom. The zero-order valence-corrected chi connectivity index (χ0v) is 13.3. The van der Waals surface area contributed by atoms with Crippen LogP contribution in [0.3, 0.4) is 0 Å². The summed E-state index contributed by atoms with van der Waals surface area (Å²) in [6.45, 7) is 2.86. The van der Waals surface area contributed by atoms with Crippen molar-refractivity contribution in [2.75, 3.05) is 26.7 Å². The Morgan fingerprint density at radius 3 is 3.05 bits per heavy atom. The van der Waals surface area contributed by atoms with Crippen LogP contribution in [-0.4, -0.2) is 42.5 Å². The lowest BCUT2D eigenvalue weighted by molar-refractivity contribution is 0.534. The number of benzene rings is 1. The van der Waals surface area contributed by atoms with Gasteiger partial charge in [-0.1, -0.05) is 12.1 Å². The van der Waals surface area contributed by atoms with Crippen molar-refractivity contribution < 1.29 is 0 Å². The summed E-state index contributed by atoms with van der Waals surface area (Å²) in [5, 5.41) is 4.72. The second-order valence-corrected chi connectivity index (χ2v) is 4.66. The van der Waals surface area contributed by atoms with Gasteiger partial charge in [0.25, 0.3) is 0 Å². The van der Waals surface area contributed by atoms with Crippen LogP contribution < -0.4 is 5.32 Å². The quantitative estimate of drug-likeness (QED) is 0.814. The normalized spacial score (nSPS) is 14.4. The summed E-state index contributed by atoms with van der Waals surface area (Å²) in [6, 6.07) is 8.55. The molecule has 1 aliphatic heterocycles. The highest BCUT2D eigenvalue weighted by Crippen LogP contribution is 2.17. The maximum atomic E-state index is 4.43. The molecule has 0 atom stereocenters. The predicted octanol–water partition coefficient (Wildman–Crippen LogP) is 2.22. The first-order chi connectivity index (χ1) is 8.84. The van der Waals surface area contributed by atoms with E-state index in [0.717, 1.165) is 32.0 Å². The van der Waals surface area contributed by atoms with Crippen LogP contribution in [0, 0.1) is 0 Å². The van der Waals surface area contributed by atoms with Crippen molar-refractivity contribution >= 4 is 40.8 Å². The van der Waals surface area contributed by atoms with Crippen LogP contribution in [0.5, 0.6) is 0 Å². The van der Waals surface area contributed by atoms with E-state index in [9.17, 15) is 0 Å². The first-order valence-corrected chi connectivity index (χ1v) is 6.39. The predicted molar refractivity (Wildman–Crippen MR) is 90.4 cm³/mol. The van der Waals surface area contributed by atoms with Crippen LogP contribution >= 0.6 is 24.0 Å². The summed E-state index contributed by atoms with van der Waals surface area (Å²) in [4.78, 5) is 9.84. The van der Waals surface area contributed by atoms with Gasteiger partial charge < -0.3 is 15.2 Å². The lowest BCUT2D eigenvalue weighted by atomic mass is 10.1. The van der Waals surface area contributed by atoms with Gasteiger partial charge in [0.05, 0.1) is 6.54 Å². The number of H-pyrrole nitrogens is 1. The summed E-state index contributed by atoms with van der Waals surface area (Å²) in [5.41, 5.74) is 2.59. The van der Waals surface area contributed by atoms with Crippen molar-refractivity contribution in [3.63, 3.8) is 0 Å². The summed E-state index contributed by atoms with van der Waals surface area (Å²) >= 11 is 0. The molecule has 1 aliphatic rings. The smallest absolute Gasteiger partial charge is 0.193 e. The van der Waals surface area contributed by atoms with Gasteiger partial charge in [-0.3, -0.25) is 4.99 Å². The number of nitrogens with one attached hydrogen (secondary N) is 2. The molecule has 0 spiro atoms. The van der Waals surface area contributed by atoms with Crippen LogP contribution in [0.1, 0.15) is 5.56 Å². The zero-order valence-electron chi connectivity index (χ0n) is 11.0. The van der Waals surface area contributed by atoms with Crippen LogP contribution in [0.25, 0.3) is 10.9 Å². The van der Waals surface area contributed by atoms with Gasteiger partial charge in [-0.15, -0.1) is 24.0 Å². The lowest BCUT2D eigenvalue weighted by Crippen LogP contribution is -2.36. The van der Waals surface area contributed by atoms with Gasteiger partial charge in [-0.25, -0.2) is 0 Å². The summed E-state index contributed by atoms with van der Waals surface area (Å²) in [6.07, 6.45) is 3.01. The van der Waals surface area contributed by atoms with E-state index in [1.165, 1.54) is 16.5 Å². The largest absolute Gasteiger partial charge is 0.361 e. The minimum atomic E-state index is 0. The average molecular weight is 370 g/mol. The molecular formula is C14H19IN4. The maximum absolute atomic E-state index is 4.43. The summed E-state index contributed by atoms with van der Waals surface area (Å²) in [7, 11) is 2.08. The third kappa shape index (κ3) is 3.02. The van der Waals surface area contributed by atoms with E-state index in [1.54, 1.807) is 0 Å². The number of rotatable bonds is 3. The number of aliphatic imine (C=N–C) groups is 1. The van der Waals surface area contributed by atoms with E-state index >= 15 is 0 Å². The van der Waals surface area contributed by atoms with Gasteiger partial charge in [0.15, 0.2) is 5.96 Å². The minimum Gasteiger partial charge on any atom is -0.361 e. The Bertz CT molecular complexity index is 576. The van der Waals surface area contributed by atoms with Crippen LogP contribution in [0.2, 0.25) is 0 Å². The number of fused-ring (bicyclic) bond motifs is 1. The second kappa shape index (κ2) is 6.27. The molecule has 0 radical (unpaired) electrons. The summed E-state index contributed by atoms with van der Waals surface area (Å²) < 4.78 is 0. The Balaban J connectivity index is 0.00000133. The van der Waals surface area contributed by atoms with E-state index in [1.807, 2.05) is 6.20 Å². The second-order valence-electron chi connectivity index (χ2n) is 4.66. The number of nitrogens with zero attached hydrogens (tertiary/aromatic N) is 2. The van der Waals surface area contributed by atoms with Gasteiger partial charge in [0, 0.05) is 37.2 Å². The van der Waals surface area contributed by atoms with Gasteiger partial charge in [0.1, 0.15) is 0 Å². The first-order valence-electron chi connectivity index (χ1n) is 6.39. The van der Waals surface area contributed by atoms with Crippen molar-refractivity contribution in [3.05, 3.63) is 36.0 Å². The zero-order chi connectivity index (χ0) is 12.4. The first kappa shape index (κ1) is 14.2. The van der Waals surface area contributed by atoms with Gasteiger partial charge in [0.2, 0.25) is 0 Å². The maximum Gasteiger partial charge on any atom is 0.193 e. The van der Waals surface area contributed by atoms with Gasteiger partial charge in [-0.2, -0.15) is 0 Å². The SMILES string of the molecule is CN1CCN=C1NCCc1cccc2[nH]ccc12.I. The molecule has 0 saturated carbocycles. The number of aromatic nitrogens is 1. The monoisotopic (exact) mass is 370 g/mol. The molecule has 0 aliphatic carbocycles. The number of hydrogen-bond donors (Lipinski definition) is 2. The number of hydrogen-bond acceptors (Lipinski definition) is 3. The third-order valence-electron chi connectivity index (χ3n) is 3.42. The Labute approximate surface area is 130 Å². The number of likely N-dealkylation sites (N-methyl/N-ethyl adjacent to an activating group) is 1. The van der Waals surface area contributed by atoms with E-state index in [2.05, 4.69) is 51.5 Å². The number of halogens is 1. The topological polar surface area (TPSA) is 43.4 Å². The van der Waals surface area contributed by atoms with Crippen molar-refractivity contribution in [1.29, 1.82) is 0 Å². The molecule has 0 amide bonds. The minimum absolute atomic E-state index is 0. The van der Waals surface area contributed by atoms with E-state index in [0.29, 0.717) is 0 Å². The number of guanidine groups is 1. The highest BCUT2D eigenvalue weighted by Gasteiger charge is 2.11. The molecule has 102 valence electrons. The Hall–Kier alpha value is -1.24. The van der Waals surface area contributed by atoms with E-state index in [4.69, 9.17) is 0 Å². The van der Waals surface area contributed by atoms with Crippen LogP contribution in [-0.2, 0) is 6.42 Å². The molecule has 1 aromatic carbocycles. The molecule has 5 heteroatoms. The highest BCUT2D eigenvalue weighted by atomic mass is 127. The molecule has 4 nitrogen and oxygen atoms in total. The molecule has 0 fully saturated rings. The van der Waals surface area contributed by atoms with Gasteiger partial charge >= 0.3 is 0 Å². The standard InChI is InChI=1S/C14H18N4.HI/c1-18-10-9-17-14(18)16-7-5-11-3-2-4-13-12(11)6-8-15-13;/h2-4,6,8,15H,5,7,9-10H2,1H3,(H,16,17);1H. The average Bonchev–Trinajstić information content (AvgIpc) is 2.99. The molecular weight excluding hydrogens is 351 g/mol. The van der Waals surface area contributed by atoms with Crippen molar-refractivity contribution in [2.45, 2.75) is 6.42 Å². The summed E-state index contributed by atoms with van der Waals surface area (Å²) in [5.74, 6) is 1.02. The molecule has 1 aromatic heterocycles. The highest BCUT2D eigenvalue weighted by molar-refractivity contribution is 14.0. The van der Waals surface area contributed by atoms with Crippen LogP contribution in [0.15, 0.2) is 35.5 Å². The van der Waals surface area contributed by atoms with E-state index < -0.39 is 0 Å². The molecule has 2 N–H and O–H groups in total. The molecule has 3 rings (SSSR count). The molecule has 0 saturated heterocycles. The van der Waals surface area contributed by atoms with Gasteiger partial charge in [-0.05, 0) is 24.1 Å². The van der Waals surface area contributed by atoms with E-state index in [-0.39, 0.29) is 24.0 Å². The lowest BCUT2D eigenvalue weighted by Gasteiger charge is -2.15. The third-order valence-corrected chi connectivity index (χ3v) is 3.42. The van der Waals surface area contributed by atoms with Crippen molar-refractivity contribution in [1.82, 2.24) is 15.2 Å². The fraction of sp³-hybridized carbons (Fsp3) is 0.357. The molecule has 0 bridgehead atoms. The van der Waals surface area contributed by atoms with Crippen molar-refractivity contribution in [2.24, 2.45) is 4.99 Å². The Morgan fingerprint density at radius 1 is 1.37 bits per heavy atom. The Kier molecular flexibility index (Phi) is 4.68. The molecule has 2 aromatic rings. The molecule has 2 heterocycles. The number of aromatic amines is 1. The van der Waals surface area contributed by atoms with Crippen LogP contribution in [0.4, 0.5) is 0 Å².